The summed E-state index contributed by atoms with van der Waals surface area (Å²) in [6.45, 7) is 0.404. The standard InChI is InChI=1S/C9H10BrNO3/c10-8-2-1-3-9(6-8)14-5-4-11(13)7-12/h1-3,6-7,13H,4-5H2. The first kappa shape index (κ1) is 11.0. The van der Waals surface area contributed by atoms with E-state index in [1.165, 1.54) is 0 Å². The predicted molar refractivity (Wildman–Crippen MR) is 54.2 cm³/mol. The van der Waals surface area contributed by atoms with Crippen molar-refractivity contribution in [2.24, 2.45) is 0 Å². The van der Waals surface area contributed by atoms with Gasteiger partial charge in [0.15, 0.2) is 0 Å². The Morgan fingerprint density at radius 3 is 3.00 bits per heavy atom. The lowest BCUT2D eigenvalue weighted by Gasteiger charge is -2.09. The van der Waals surface area contributed by atoms with Gasteiger partial charge in [0.2, 0.25) is 6.41 Å². The quantitative estimate of drug-likeness (QED) is 0.497. The van der Waals surface area contributed by atoms with Crippen molar-refractivity contribution in [3.63, 3.8) is 0 Å². The Morgan fingerprint density at radius 2 is 2.36 bits per heavy atom. The number of carbonyl (C=O) groups is 1. The molecule has 1 rings (SSSR count). The zero-order valence-corrected chi connectivity index (χ0v) is 8.98. The average molecular weight is 260 g/mol. The molecule has 1 aromatic carbocycles. The fraction of sp³-hybridized carbons (Fsp3) is 0.222. The van der Waals surface area contributed by atoms with E-state index in [4.69, 9.17) is 9.94 Å². The second-order valence-electron chi connectivity index (χ2n) is 2.57. The maximum absolute atomic E-state index is 10.0. The van der Waals surface area contributed by atoms with Crippen molar-refractivity contribution in [1.29, 1.82) is 0 Å². The van der Waals surface area contributed by atoms with Crippen LogP contribution < -0.4 is 4.74 Å². The highest BCUT2D eigenvalue weighted by Crippen LogP contribution is 2.17. The number of hydrogen-bond acceptors (Lipinski definition) is 3. The summed E-state index contributed by atoms with van der Waals surface area (Å²) in [6, 6.07) is 7.34. The molecular weight excluding hydrogens is 250 g/mol. The molecule has 0 aliphatic heterocycles. The Bertz CT molecular complexity index is 306. The van der Waals surface area contributed by atoms with Crippen LogP contribution in [0.5, 0.6) is 5.75 Å². The van der Waals surface area contributed by atoms with Crippen molar-refractivity contribution in [1.82, 2.24) is 5.06 Å². The molecule has 1 aromatic rings. The zero-order chi connectivity index (χ0) is 10.4. The topological polar surface area (TPSA) is 49.8 Å². The van der Waals surface area contributed by atoms with Crippen molar-refractivity contribution < 1.29 is 14.7 Å². The number of benzene rings is 1. The zero-order valence-electron chi connectivity index (χ0n) is 7.39. The van der Waals surface area contributed by atoms with Gasteiger partial charge in [-0.15, -0.1) is 0 Å². The lowest BCUT2D eigenvalue weighted by atomic mass is 10.3. The molecule has 0 bridgehead atoms. The van der Waals surface area contributed by atoms with Crippen molar-refractivity contribution in [3.8, 4) is 5.75 Å². The lowest BCUT2D eigenvalue weighted by Crippen LogP contribution is -2.23. The van der Waals surface area contributed by atoms with Crippen LogP contribution in [-0.2, 0) is 4.79 Å². The molecule has 0 fully saturated rings. The SMILES string of the molecule is O=CN(O)CCOc1cccc(Br)c1. The van der Waals surface area contributed by atoms with Crippen molar-refractivity contribution in [2.75, 3.05) is 13.2 Å². The summed E-state index contributed by atoms with van der Waals surface area (Å²) in [5, 5.41) is 9.31. The smallest absolute Gasteiger partial charge is 0.233 e. The predicted octanol–water partition coefficient (Wildman–Crippen LogP) is 1.68. The third kappa shape index (κ3) is 3.76. The largest absolute Gasteiger partial charge is 0.492 e. The molecule has 0 aliphatic carbocycles. The van der Waals surface area contributed by atoms with Crippen LogP contribution >= 0.6 is 15.9 Å². The molecule has 1 amide bonds. The van der Waals surface area contributed by atoms with Crippen molar-refractivity contribution in [2.45, 2.75) is 0 Å². The van der Waals surface area contributed by atoms with Crippen molar-refractivity contribution in [3.05, 3.63) is 28.7 Å². The summed E-state index contributed by atoms with van der Waals surface area (Å²) in [4.78, 5) is 10.0. The maximum Gasteiger partial charge on any atom is 0.233 e. The molecule has 0 saturated carbocycles. The number of carbonyl (C=O) groups excluding carboxylic acids is 1. The second kappa shape index (κ2) is 5.62. The molecule has 14 heavy (non-hydrogen) atoms. The molecule has 0 unspecified atom stereocenters. The highest BCUT2D eigenvalue weighted by molar-refractivity contribution is 9.10. The fourth-order valence-electron chi connectivity index (χ4n) is 0.867. The fourth-order valence-corrected chi connectivity index (χ4v) is 1.24. The first-order valence-corrected chi connectivity index (χ1v) is 4.81. The van der Waals surface area contributed by atoms with Crippen LogP contribution in [0.4, 0.5) is 0 Å². The number of halogens is 1. The van der Waals surface area contributed by atoms with Crippen LogP contribution in [0.3, 0.4) is 0 Å². The molecule has 0 atom stereocenters. The molecular formula is C9H10BrNO3. The third-order valence-electron chi connectivity index (χ3n) is 1.51. The van der Waals surface area contributed by atoms with E-state index in [9.17, 15) is 4.79 Å². The van der Waals surface area contributed by atoms with Crippen LogP contribution in [0.15, 0.2) is 28.7 Å². The molecule has 0 heterocycles. The highest BCUT2D eigenvalue weighted by Gasteiger charge is 1.97. The van der Waals surface area contributed by atoms with Gasteiger partial charge in [-0.25, -0.2) is 5.06 Å². The van der Waals surface area contributed by atoms with Gasteiger partial charge in [-0.1, -0.05) is 22.0 Å². The van der Waals surface area contributed by atoms with Crippen LogP contribution in [0.2, 0.25) is 0 Å². The van der Waals surface area contributed by atoms with Crippen LogP contribution in [0, 0.1) is 0 Å². The summed E-state index contributed by atoms with van der Waals surface area (Å²) in [7, 11) is 0. The number of nitrogens with zero attached hydrogens (tertiary/aromatic N) is 1. The minimum Gasteiger partial charge on any atom is -0.492 e. The summed E-state index contributed by atoms with van der Waals surface area (Å²) in [5.74, 6) is 0.693. The van der Waals surface area contributed by atoms with Gasteiger partial charge in [0.05, 0.1) is 6.54 Å². The Labute approximate surface area is 90.2 Å². The number of ether oxygens (including phenoxy) is 1. The molecule has 4 nitrogen and oxygen atoms in total. The summed E-state index contributed by atoms with van der Waals surface area (Å²) in [5.41, 5.74) is 0. The van der Waals surface area contributed by atoms with Gasteiger partial charge >= 0.3 is 0 Å². The average Bonchev–Trinajstić information content (AvgIpc) is 2.17. The van der Waals surface area contributed by atoms with Crippen LogP contribution in [-0.4, -0.2) is 29.8 Å². The molecule has 0 aliphatic rings. The van der Waals surface area contributed by atoms with E-state index in [0.717, 1.165) is 4.47 Å². The van der Waals surface area contributed by atoms with E-state index in [-0.39, 0.29) is 13.2 Å². The van der Waals surface area contributed by atoms with E-state index in [1.807, 2.05) is 18.2 Å². The van der Waals surface area contributed by atoms with Gasteiger partial charge in [0.1, 0.15) is 12.4 Å². The van der Waals surface area contributed by atoms with Gasteiger partial charge in [0, 0.05) is 4.47 Å². The minimum atomic E-state index is 0.149. The molecule has 1 N–H and O–H groups in total. The van der Waals surface area contributed by atoms with Gasteiger partial charge in [-0.2, -0.15) is 0 Å². The van der Waals surface area contributed by atoms with Gasteiger partial charge in [0.25, 0.3) is 0 Å². The van der Waals surface area contributed by atoms with E-state index in [0.29, 0.717) is 17.2 Å². The molecule has 0 spiro atoms. The van der Waals surface area contributed by atoms with E-state index >= 15 is 0 Å². The summed E-state index contributed by atoms with van der Waals surface area (Å²) in [6.07, 6.45) is 0.338. The van der Waals surface area contributed by atoms with Gasteiger partial charge in [-0.05, 0) is 18.2 Å². The number of amides is 1. The Balaban J connectivity index is 2.34. The van der Waals surface area contributed by atoms with E-state index in [2.05, 4.69) is 15.9 Å². The summed E-state index contributed by atoms with van der Waals surface area (Å²) >= 11 is 3.30. The third-order valence-corrected chi connectivity index (χ3v) is 2.00. The van der Waals surface area contributed by atoms with E-state index in [1.54, 1.807) is 6.07 Å². The molecule has 0 radical (unpaired) electrons. The molecule has 0 saturated heterocycles. The molecule has 0 aromatic heterocycles. The summed E-state index contributed by atoms with van der Waals surface area (Å²) < 4.78 is 6.19. The number of hydrogen-bond donors (Lipinski definition) is 1. The molecule has 76 valence electrons. The maximum atomic E-state index is 10.0. The van der Waals surface area contributed by atoms with Gasteiger partial charge in [-0.3, -0.25) is 10.0 Å². The number of hydroxylamine groups is 2. The highest BCUT2D eigenvalue weighted by atomic mass is 79.9. The second-order valence-corrected chi connectivity index (χ2v) is 3.49. The monoisotopic (exact) mass is 259 g/mol. The van der Waals surface area contributed by atoms with Gasteiger partial charge < -0.3 is 4.74 Å². The van der Waals surface area contributed by atoms with Crippen LogP contribution in [0.1, 0.15) is 0 Å². The normalized spacial score (nSPS) is 9.57. The Kier molecular flexibility index (Phi) is 4.42. The van der Waals surface area contributed by atoms with E-state index < -0.39 is 0 Å². The number of rotatable bonds is 5. The van der Waals surface area contributed by atoms with Crippen molar-refractivity contribution >= 4 is 22.3 Å². The lowest BCUT2D eigenvalue weighted by molar-refractivity contribution is -0.150. The minimum absolute atomic E-state index is 0.149. The molecule has 5 heteroatoms. The Morgan fingerprint density at radius 1 is 1.57 bits per heavy atom. The first-order chi connectivity index (χ1) is 6.72. The Hall–Kier alpha value is -1.07. The van der Waals surface area contributed by atoms with Crippen LogP contribution in [0.25, 0.3) is 0 Å². The first-order valence-electron chi connectivity index (χ1n) is 4.01.